The van der Waals surface area contributed by atoms with Gasteiger partial charge in [-0.05, 0) is 49.4 Å². The molecule has 0 aromatic heterocycles. The zero-order valence-electron chi connectivity index (χ0n) is 12.4. The van der Waals surface area contributed by atoms with E-state index in [1.807, 2.05) is 31.2 Å². The molecule has 2 heterocycles. The highest BCUT2D eigenvalue weighted by Gasteiger charge is 2.32. The summed E-state index contributed by atoms with van der Waals surface area (Å²) in [5, 5.41) is 12.1. The van der Waals surface area contributed by atoms with Crippen molar-refractivity contribution in [3.63, 3.8) is 0 Å². The van der Waals surface area contributed by atoms with E-state index in [0.29, 0.717) is 22.7 Å². The molecule has 0 saturated heterocycles. The van der Waals surface area contributed by atoms with Crippen LogP contribution in [-0.2, 0) is 4.79 Å². The maximum Gasteiger partial charge on any atom is 0.258 e. The highest BCUT2D eigenvalue weighted by Crippen LogP contribution is 2.32. The van der Waals surface area contributed by atoms with E-state index in [1.54, 1.807) is 24.3 Å². The molecule has 5 nitrogen and oxygen atoms in total. The van der Waals surface area contributed by atoms with Gasteiger partial charge in [0.2, 0.25) is 6.23 Å². The van der Waals surface area contributed by atoms with Gasteiger partial charge < -0.3 is 15.2 Å². The van der Waals surface area contributed by atoms with E-state index < -0.39 is 6.23 Å². The largest absolute Gasteiger partial charge is 0.508 e. The van der Waals surface area contributed by atoms with Crippen molar-refractivity contribution in [2.24, 2.45) is 4.99 Å². The zero-order chi connectivity index (χ0) is 16.0. The molecule has 2 aliphatic heterocycles. The van der Waals surface area contributed by atoms with Gasteiger partial charge in [0.15, 0.2) is 0 Å². The van der Waals surface area contributed by atoms with Gasteiger partial charge in [-0.2, -0.15) is 0 Å². The molecule has 2 aromatic carbocycles. The first-order valence-corrected chi connectivity index (χ1v) is 7.27. The zero-order valence-corrected chi connectivity index (χ0v) is 12.4. The van der Waals surface area contributed by atoms with Gasteiger partial charge in [0, 0.05) is 11.1 Å². The van der Waals surface area contributed by atoms with Crippen LogP contribution in [0.15, 0.2) is 53.0 Å². The van der Waals surface area contributed by atoms with Crippen molar-refractivity contribution in [3.05, 3.63) is 64.7 Å². The monoisotopic (exact) mass is 306 g/mol. The fraction of sp³-hybridized carbons (Fsp3) is 0.111. The van der Waals surface area contributed by atoms with Gasteiger partial charge in [0.1, 0.15) is 17.3 Å². The third-order valence-corrected chi connectivity index (χ3v) is 3.86. The molecule has 0 radical (unpaired) electrons. The number of aromatic hydroxyl groups is 1. The van der Waals surface area contributed by atoms with E-state index in [-0.39, 0.29) is 11.7 Å². The molecule has 0 spiro atoms. The van der Waals surface area contributed by atoms with Gasteiger partial charge >= 0.3 is 0 Å². The minimum absolute atomic E-state index is 0.162. The number of phenols is 1. The second-order valence-corrected chi connectivity index (χ2v) is 5.59. The van der Waals surface area contributed by atoms with Crippen LogP contribution in [0, 0.1) is 6.92 Å². The average Bonchev–Trinajstić information content (AvgIpc) is 2.54. The number of amidine groups is 1. The minimum atomic E-state index is -0.650. The molecule has 1 unspecified atom stereocenters. The molecule has 23 heavy (non-hydrogen) atoms. The number of nitrogens with zero attached hydrogens (tertiary/aromatic N) is 1. The van der Waals surface area contributed by atoms with Crippen molar-refractivity contribution in [1.82, 2.24) is 5.32 Å². The number of aliphatic imine (C=N–C) groups is 1. The first-order valence-electron chi connectivity index (χ1n) is 7.27. The lowest BCUT2D eigenvalue weighted by molar-refractivity contribution is -0.117. The van der Waals surface area contributed by atoms with Crippen molar-refractivity contribution < 1.29 is 14.6 Å². The molecule has 2 aliphatic rings. The molecule has 0 aliphatic carbocycles. The number of carbonyl (C=O) groups is 1. The van der Waals surface area contributed by atoms with E-state index in [9.17, 15) is 9.90 Å². The Hall–Kier alpha value is -3.08. The number of phenolic OH excluding ortho intramolecular Hbond substituents is 1. The Morgan fingerprint density at radius 1 is 1.17 bits per heavy atom. The van der Waals surface area contributed by atoms with Crippen LogP contribution in [0.25, 0.3) is 6.08 Å². The summed E-state index contributed by atoms with van der Waals surface area (Å²) in [6, 6.07) is 12.3. The fourth-order valence-electron chi connectivity index (χ4n) is 2.68. The second-order valence-electron chi connectivity index (χ2n) is 5.59. The number of benzene rings is 2. The first-order chi connectivity index (χ1) is 11.1. The SMILES string of the molecule is Cc1ccc2c(c1)C=C1C(=O)NC(c3ccc(O)cc3)=NC1O2. The van der Waals surface area contributed by atoms with E-state index >= 15 is 0 Å². The van der Waals surface area contributed by atoms with Crippen LogP contribution < -0.4 is 10.1 Å². The standard InChI is InChI=1S/C18H14N2O3/c1-10-2-7-15-12(8-10)9-14-17(22)19-16(20-18(14)23-15)11-3-5-13(21)6-4-11/h2-9,18,21H,1H3,(H,19,20,22). The molecule has 5 heteroatoms. The Morgan fingerprint density at radius 3 is 2.74 bits per heavy atom. The average molecular weight is 306 g/mol. The number of nitrogens with one attached hydrogen (secondary N) is 1. The van der Waals surface area contributed by atoms with E-state index in [1.165, 1.54) is 0 Å². The van der Waals surface area contributed by atoms with Gasteiger partial charge in [0.05, 0.1) is 5.57 Å². The quantitative estimate of drug-likeness (QED) is 0.850. The van der Waals surface area contributed by atoms with Crippen LogP contribution >= 0.6 is 0 Å². The lowest BCUT2D eigenvalue weighted by atomic mass is 10.0. The molecular weight excluding hydrogens is 292 g/mol. The Kier molecular flexibility index (Phi) is 2.94. The Bertz CT molecular complexity index is 866. The highest BCUT2D eigenvalue weighted by atomic mass is 16.5. The second kappa shape index (κ2) is 4.98. The van der Waals surface area contributed by atoms with E-state index in [0.717, 1.165) is 11.1 Å². The molecule has 114 valence electrons. The smallest absolute Gasteiger partial charge is 0.258 e. The summed E-state index contributed by atoms with van der Waals surface area (Å²) in [5.41, 5.74) is 3.20. The molecule has 2 N–H and O–H groups in total. The molecule has 2 aromatic rings. The summed E-state index contributed by atoms with van der Waals surface area (Å²) in [6.07, 6.45) is 1.17. The van der Waals surface area contributed by atoms with Crippen LogP contribution in [0.3, 0.4) is 0 Å². The third kappa shape index (κ3) is 2.36. The van der Waals surface area contributed by atoms with Crippen LogP contribution in [0.1, 0.15) is 16.7 Å². The molecule has 4 rings (SSSR count). The summed E-state index contributed by atoms with van der Waals surface area (Å²) < 4.78 is 5.87. The van der Waals surface area contributed by atoms with Crippen molar-refractivity contribution in [1.29, 1.82) is 0 Å². The topological polar surface area (TPSA) is 70.9 Å². The van der Waals surface area contributed by atoms with Gasteiger partial charge in [0.25, 0.3) is 5.91 Å². The van der Waals surface area contributed by atoms with Gasteiger partial charge in [-0.3, -0.25) is 4.79 Å². The lowest BCUT2D eigenvalue weighted by Crippen LogP contribution is -2.43. The van der Waals surface area contributed by atoms with Gasteiger partial charge in [-0.1, -0.05) is 11.6 Å². The summed E-state index contributed by atoms with van der Waals surface area (Å²) in [5.74, 6) is 1.09. The number of carbonyl (C=O) groups excluding carboxylic acids is 1. The Morgan fingerprint density at radius 2 is 1.96 bits per heavy atom. The number of ether oxygens (including phenoxy) is 1. The van der Waals surface area contributed by atoms with E-state index in [4.69, 9.17) is 4.74 Å². The number of amides is 1. The van der Waals surface area contributed by atoms with Crippen LogP contribution in [0.5, 0.6) is 11.5 Å². The molecule has 1 atom stereocenters. The van der Waals surface area contributed by atoms with Crippen molar-refractivity contribution in [2.45, 2.75) is 13.2 Å². The van der Waals surface area contributed by atoms with Crippen LogP contribution in [0.4, 0.5) is 0 Å². The van der Waals surface area contributed by atoms with Crippen molar-refractivity contribution in [3.8, 4) is 11.5 Å². The van der Waals surface area contributed by atoms with Gasteiger partial charge in [-0.25, -0.2) is 4.99 Å². The molecule has 0 saturated carbocycles. The molecule has 1 amide bonds. The minimum Gasteiger partial charge on any atom is -0.508 e. The number of aryl methyl sites for hydroxylation is 1. The molecular formula is C18H14N2O3. The maximum absolute atomic E-state index is 12.4. The number of hydrogen-bond donors (Lipinski definition) is 2. The Balaban J connectivity index is 1.75. The number of hydrogen-bond acceptors (Lipinski definition) is 4. The van der Waals surface area contributed by atoms with Crippen molar-refractivity contribution in [2.75, 3.05) is 0 Å². The Labute approximate surface area is 132 Å². The summed E-state index contributed by atoms with van der Waals surface area (Å²) in [7, 11) is 0. The molecule has 0 fully saturated rings. The predicted molar refractivity (Wildman–Crippen MR) is 86.4 cm³/mol. The lowest BCUT2D eigenvalue weighted by Gasteiger charge is -2.28. The number of fused-ring (bicyclic) bond motifs is 2. The van der Waals surface area contributed by atoms with Crippen LogP contribution in [-0.4, -0.2) is 23.1 Å². The predicted octanol–water partition coefficient (Wildman–Crippen LogP) is 2.38. The summed E-state index contributed by atoms with van der Waals surface area (Å²) in [6.45, 7) is 1.99. The van der Waals surface area contributed by atoms with Gasteiger partial charge in [-0.15, -0.1) is 0 Å². The normalized spacial score (nSPS) is 18.8. The first kappa shape index (κ1) is 13.6. The molecule has 0 bridgehead atoms. The third-order valence-electron chi connectivity index (χ3n) is 3.86. The van der Waals surface area contributed by atoms with Crippen molar-refractivity contribution >= 4 is 17.8 Å². The van der Waals surface area contributed by atoms with E-state index in [2.05, 4.69) is 10.3 Å². The maximum atomic E-state index is 12.4. The summed E-state index contributed by atoms with van der Waals surface area (Å²) >= 11 is 0. The number of rotatable bonds is 1. The summed E-state index contributed by atoms with van der Waals surface area (Å²) in [4.78, 5) is 16.9. The van der Waals surface area contributed by atoms with Crippen LogP contribution in [0.2, 0.25) is 0 Å². The highest BCUT2D eigenvalue weighted by molar-refractivity contribution is 6.16. The fourth-order valence-corrected chi connectivity index (χ4v) is 2.68.